The Labute approximate surface area is 165 Å². The largest absolute Gasteiger partial charge is 0.327 e. The van der Waals surface area contributed by atoms with E-state index in [0.29, 0.717) is 28.7 Å². The van der Waals surface area contributed by atoms with Crippen molar-refractivity contribution in [2.75, 3.05) is 24.5 Å². The fraction of sp³-hybridized carbons (Fsp3) is 0.263. The van der Waals surface area contributed by atoms with E-state index in [1.807, 2.05) is 0 Å². The van der Waals surface area contributed by atoms with Crippen LogP contribution in [0.15, 0.2) is 36.7 Å². The van der Waals surface area contributed by atoms with Crippen LogP contribution < -0.4 is 4.90 Å². The quantitative estimate of drug-likeness (QED) is 0.678. The summed E-state index contributed by atoms with van der Waals surface area (Å²) in [4.78, 5) is 33.6. The van der Waals surface area contributed by atoms with Gasteiger partial charge < -0.3 is 9.80 Å². The summed E-state index contributed by atoms with van der Waals surface area (Å²) in [6.07, 6.45) is 3.41. The molecule has 1 aliphatic rings. The summed E-state index contributed by atoms with van der Waals surface area (Å²) in [6, 6.07) is 6.00. The number of rotatable bonds is 3. The van der Waals surface area contributed by atoms with Crippen molar-refractivity contribution >= 4 is 28.8 Å². The molecule has 0 unspecified atom stereocenters. The SMILES string of the molecule is Cc1nc(-c2ccc(F)cc2)sc1C(=O)N1CCN(c2cnn(C)c2)C(=O)C1. The van der Waals surface area contributed by atoms with E-state index in [1.54, 1.807) is 53.0 Å². The van der Waals surface area contributed by atoms with Crippen molar-refractivity contribution in [2.45, 2.75) is 6.92 Å². The first kappa shape index (κ1) is 18.3. The van der Waals surface area contributed by atoms with Crippen molar-refractivity contribution in [3.8, 4) is 10.6 Å². The van der Waals surface area contributed by atoms with Gasteiger partial charge in [-0.15, -0.1) is 11.3 Å². The number of benzene rings is 1. The molecule has 0 saturated carbocycles. The van der Waals surface area contributed by atoms with Crippen LogP contribution in [0.25, 0.3) is 10.6 Å². The summed E-state index contributed by atoms with van der Waals surface area (Å²) < 4.78 is 14.8. The van der Waals surface area contributed by atoms with Crippen molar-refractivity contribution < 1.29 is 14.0 Å². The molecular weight excluding hydrogens is 381 g/mol. The Morgan fingerprint density at radius 1 is 1.21 bits per heavy atom. The highest BCUT2D eigenvalue weighted by Crippen LogP contribution is 2.29. The molecule has 0 radical (unpaired) electrons. The summed E-state index contributed by atoms with van der Waals surface area (Å²) in [5, 5.41) is 4.74. The van der Waals surface area contributed by atoms with Gasteiger partial charge in [-0.05, 0) is 31.2 Å². The van der Waals surface area contributed by atoms with Gasteiger partial charge in [-0.1, -0.05) is 0 Å². The number of halogens is 1. The third-order valence-corrected chi connectivity index (χ3v) is 5.79. The molecule has 0 atom stereocenters. The zero-order valence-corrected chi connectivity index (χ0v) is 16.2. The normalized spacial score (nSPS) is 14.6. The number of carbonyl (C=O) groups excluding carboxylic acids is 2. The third-order valence-electron chi connectivity index (χ3n) is 4.59. The van der Waals surface area contributed by atoms with Crippen LogP contribution in [0.5, 0.6) is 0 Å². The molecular formula is C19H18FN5O2S. The predicted octanol–water partition coefficient (Wildman–Crippen LogP) is 2.48. The van der Waals surface area contributed by atoms with Crippen molar-refractivity contribution in [1.82, 2.24) is 19.7 Å². The molecule has 3 heterocycles. The smallest absolute Gasteiger partial charge is 0.266 e. The highest BCUT2D eigenvalue weighted by Gasteiger charge is 2.31. The summed E-state index contributed by atoms with van der Waals surface area (Å²) in [5.74, 6) is -0.672. The van der Waals surface area contributed by atoms with Gasteiger partial charge in [0.05, 0.1) is 17.6 Å². The zero-order chi connectivity index (χ0) is 19.8. The average molecular weight is 399 g/mol. The molecule has 1 aliphatic heterocycles. The van der Waals surface area contributed by atoms with Crippen molar-refractivity contribution in [3.63, 3.8) is 0 Å². The van der Waals surface area contributed by atoms with Gasteiger partial charge in [0.15, 0.2) is 0 Å². The van der Waals surface area contributed by atoms with Crippen LogP contribution in [0.1, 0.15) is 15.4 Å². The van der Waals surface area contributed by atoms with Crippen LogP contribution in [0, 0.1) is 12.7 Å². The summed E-state index contributed by atoms with van der Waals surface area (Å²) in [5.41, 5.74) is 2.09. The highest BCUT2D eigenvalue weighted by molar-refractivity contribution is 7.17. The first-order valence-electron chi connectivity index (χ1n) is 8.74. The Kier molecular flexibility index (Phi) is 4.68. The first-order chi connectivity index (χ1) is 13.4. The van der Waals surface area contributed by atoms with Crippen LogP contribution in [0.2, 0.25) is 0 Å². The molecule has 4 rings (SSSR count). The first-order valence-corrected chi connectivity index (χ1v) is 9.55. The second-order valence-corrected chi connectivity index (χ2v) is 7.58. The van der Waals surface area contributed by atoms with Gasteiger partial charge >= 0.3 is 0 Å². The fourth-order valence-electron chi connectivity index (χ4n) is 3.12. The van der Waals surface area contributed by atoms with Gasteiger partial charge in [-0.2, -0.15) is 5.10 Å². The van der Waals surface area contributed by atoms with Gasteiger partial charge in [0, 0.05) is 31.9 Å². The lowest BCUT2D eigenvalue weighted by Crippen LogP contribution is -2.52. The monoisotopic (exact) mass is 399 g/mol. The minimum Gasteiger partial charge on any atom is -0.327 e. The number of carbonyl (C=O) groups is 2. The maximum Gasteiger partial charge on any atom is 0.266 e. The topological polar surface area (TPSA) is 71.3 Å². The Balaban J connectivity index is 1.51. The number of hydrogen-bond acceptors (Lipinski definition) is 5. The number of nitrogens with zero attached hydrogens (tertiary/aromatic N) is 5. The number of hydrogen-bond donors (Lipinski definition) is 0. The molecule has 0 bridgehead atoms. The van der Waals surface area contributed by atoms with E-state index in [-0.39, 0.29) is 24.2 Å². The Morgan fingerprint density at radius 3 is 2.61 bits per heavy atom. The lowest BCUT2D eigenvalue weighted by atomic mass is 10.2. The van der Waals surface area contributed by atoms with Crippen LogP contribution in [0.4, 0.5) is 10.1 Å². The standard InChI is InChI=1S/C19H18FN5O2S/c1-12-17(28-18(22-12)13-3-5-14(20)6-4-13)19(27)24-7-8-25(16(26)11-24)15-9-21-23(2)10-15/h3-6,9-10H,7-8,11H2,1-2H3. The second kappa shape index (κ2) is 7.16. The Hall–Kier alpha value is -3.07. The Bertz CT molecular complexity index is 1040. The number of amides is 2. The van der Waals surface area contributed by atoms with Crippen LogP contribution in [-0.4, -0.2) is 51.1 Å². The molecule has 2 aromatic heterocycles. The van der Waals surface area contributed by atoms with Crippen molar-refractivity contribution in [1.29, 1.82) is 0 Å². The van der Waals surface area contributed by atoms with E-state index in [0.717, 1.165) is 11.3 Å². The lowest BCUT2D eigenvalue weighted by Gasteiger charge is -2.33. The van der Waals surface area contributed by atoms with E-state index >= 15 is 0 Å². The van der Waals surface area contributed by atoms with Gasteiger partial charge in [0.2, 0.25) is 5.91 Å². The minimum absolute atomic E-state index is 0.0109. The number of thiazole rings is 1. The Morgan fingerprint density at radius 2 is 1.96 bits per heavy atom. The maximum absolute atomic E-state index is 13.1. The summed E-state index contributed by atoms with van der Waals surface area (Å²) >= 11 is 1.26. The van der Waals surface area contributed by atoms with Crippen molar-refractivity contribution in [3.05, 3.63) is 53.0 Å². The third kappa shape index (κ3) is 3.40. The minimum atomic E-state index is -0.321. The number of aryl methyl sites for hydroxylation is 2. The molecule has 7 nitrogen and oxygen atoms in total. The number of piperazine rings is 1. The molecule has 0 spiro atoms. The zero-order valence-electron chi connectivity index (χ0n) is 15.4. The number of aromatic nitrogens is 3. The van der Waals surface area contributed by atoms with Crippen LogP contribution in [0.3, 0.4) is 0 Å². The second-order valence-electron chi connectivity index (χ2n) is 6.58. The molecule has 144 valence electrons. The lowest BCUT2D eigenvalue weighted by molar-refractivity contribution is -0.120. The molecule has 28 heavy (non-hydrogen) atoms. The number of anilines is 1. The van der Waals surface area contributed by atoms with Gasteiger partial charge in [-0.3, -0.25) is 14.3 Å². The molecule has 0 N–H and O–H groups in total. The molecule has 9 heteroatoms. The summed E-state index contributed by atoms with van der Waals surface area (Å²) in [7, 11) is 1.79. The van der Waals surface area contributed by atoms with Crippen molar-refractivity contribution in [2.24, 2.45) is 7.05 Å². The molecule has 2 amide bonds. The maximum atomic E-state index is 13.1. The highest BCUT2D eigenvalue weighted by atomic mass is 32.1. The van der Waals surface area contributed by atoms with Gasteiger partial charge in [0.1, 0.15) is 22.2 Å². The van der Waals surface area contributed by atoms with E-state index in [2.05, 4.69) is 10.1 Å². The molecule has 0 aliphatic carbocycles. The van der Waals surface area contributed by atoms with Gasteiger partial charge in [0.25, 0.3) is 5.91 Å². The van der Waals surface area contributed by atoms with E-state index in [1.165, 1.54) is 23.5 Å². The molecule has 1 fully saturated rings. The van der Waals surface area contributed by atoms with Crippen LogP contribution >= 0.6 is 11.3 Å². The molecule has 3 aromatic rings. The fourth-order valence-corrected chi connectivity index (χ4v) is 4.16. The molecule has 1 aromatic carbocycles. The molecule has 1 saturated heterocycles. The van der Waals surface area contributed by atoms with Gasteiger partial charge in [-0.25, -0.2) is 9.37 Å². The van der Waals surface area contributed by atoms with Crippen LogP contribution in [-0.2, 0) is 11.8 Å². The van der Waals surface area contributed by atoms with E-state index in [9.17, 15) is 14.0 Å². The van der Waals surface area contributed by atoms with E-state index < -0.39 is 0 Å². The predicted molar refractivity (Wildman–Crippen MR) is 104 cm³/mol. The van der Waals surface area contributed by atoms with E-state index in [4.69, 9.17) is 0 Å². The summed E-state index contributed by atoms with van der Waals surface area (Å²) in [6.45, 7) is 2.63. The average Bonchev–Trinajstić information content (AvgIpc) is 3.27.